The number of nitrogens with one attached hydrogen (secondary N) is 1. The normalized spacial score (nSPS) is 20.4. The molecule has 0 unspecified atom stereocenters. The molecule has 1 rings (SSSR count). The van der Waals surface area contributed by atoms with Crippen molar-refractivity contribution in [3.63, 3.8) is 0 Å². The van der Waals surface area contributed by atoms with Gasteiger partial charge in [-0.1, -0.05) is 0 Å². The lowest BCUT2D eigenvalue weighted by Gasteiger charge is -2.30. The molecule has 3 N–H and O–H groups in total. The summed E-state index contributed by atoms with van der Waals surface area (Å²) in [5, 5.41) is 2.67. The topological polar surface area (TPSA) is 84.7 Å². The lowest BCUT2D eigenvalue weighted by molar-refractivity contribution is -0.140. The van der Waals surface area contributed by atoms with Crippen LogP contribution < -0.4 is 11.1 Å². The lowest BCUT2D eigenvalue weighted by Crippen LogP contribution is -2.49. The van der Waals surface area contributed by atoms with Gasteiger partial charge >= 0.3 is 12.0 Å². The Kier molecular flexibility index (Phi) is 5.04. The number of carbonyl (C=O) groups is 2. The molecular weight excluding hydrogens is 210 g/mol. The third-order valence-electron chi connectivity index (χ3n) is 2.58. The maximum Gasteiger partial charge on any atom is 0.317 e. The Morgan fingerprint density at radius 2 is 2.31 bits per heavy atom. The fourth-order valence-electron chi connectivity index (χ4n) is 1.68. The summed E-state index contributed by atoms with van der Waals surface area (Å²) in [4.78, 5) is 24.1. The third kappa shape index (κ3) is 4.06. The Morgan fingerprint density at radius 3 is 2.94 bits per heavy atom. The zero-order valence-electron chi connectivity index (χ0n) is 9.57. The van der Waals surface area contributed by atoms with E-state index < -0.39 is 0 Å². The van der Waals surface area contributed by atoms with Crippen molar-refractivity contribution in [1.82, 2.24) is 10.2 Å². The van der Waals surface area contributed by atoms with E-state index in [0.717, 1.165) is 19.4 Å². The van der Waals surface area contributed by atoms with Gasteiger partial charge in [0.1, 0.15) is 0 Å². The van der Waals surface area contributed by atoms with Crippen LogP contribution in [0, 0.1) is 0 Å². The van der Waals surface area contributed by atoms with E-state index in [1.54, 1.807) is 4.90 Å². The van der Waals surface area contributed by atoms with Crippen LogP contribution in [0.5, 0.6) is 0 Å². The summed E-state index contributed by atoms with van der Waals surface area (Å²) in [7, 11) is 1.33. The molecule has 0 aromatic carbocycles. The quantitative estimate of drug-likeness (QED) is 0.650. The monoisotopic (exact) mass is 229 g/mol. The number of methoxy groups -OCH3 is 1. The maximum absolute atomic E-state index is 11.6. The fraction of sp³-hybridized carbons (Fsp3) is 0.800. The molecule has 92 valence electrons. The SMILES string of the molecule is COC(=O)CCNC(=O)N1CCC[C@@H](N)C1. The van der Waals surface area contributed by atoms with Crippen LogP contribution >= 0.6 is 0 Å². The summed E-state index contributed by atoms with van der Waals surface area (Å²) in [5.41, 5.74) is 5.77. The summed E-state index contributed by atoms with van der Waals surface area (Å²) < 4.78 is 4.47. The van der Waals surface area contributed by atoms with E-state index in [0.29, 0.717) is 13.1 Å². The first-order chi connectivity index (χ1) is 7.63. The predicted molar refractivity (Wildman–Crippen MR) is 58.8 cm³/mol. The van der Waals surface area contributed by atoms with Crippen LogP contribution in [0.2, 0.25) is 0 Å². The number of amides is 2. The molecule has 1 atom stereocenters. The number of likely N-dealkylation sites (tertiary alicyclic amines) is 1. The summed E-state index contributed by atoms with van der Waals surface area (Å²) in [6.45, 7) is 1.62. The number of nitrogens with zero attached hydrogens (tertiary/aromatic N) is 1. The van der Waals surface area contributed by atoms with Gasteiger partial charge in [0, 0.05) is 25.7 Å². The number of rotatable bonds is 3. The number of esters is 1. The molecule has 0 saturated carbocycles. The highest BCUT2D eigenvalue weighted by Gasteiger charge is 2.20. The molecule has 0 aliphatic carbocycles. The van der Waals surface area contributed by atoms with Gasteiger partial charge in [0.2, 0.25) is 0 Å². The molecule has 0 aromatic rings. The lowest BCUT2D eigenvalue weighted by atomic mass is 10.1. The second-order valence-electron chi connectivity index (χ2n) is 3.91. The molecule has 0 aromatic heterocycles. The van der Waals surface area contributed by atoms with Crippen LogP contribution in [0.1, 0.15) is 19.3 Å². The molecular formula is C10H19N3O3. The fourth-order valence-corrected chi connectivity index (χ4v) is 1.68. The van der Waals surface area contributed by atoms with Gasteiger partial charge in [-0.15, -0.1) is 0 Å². The van der Waals surface area contributed by atoms with E-state index >= 15 is 0 Å². The van der Waals surface area contributed by atoms with Crippen molar-refractivity contribution in [3.05, 3.63) is 0 Å². The van der Waals surface area contributed by atoms with Gasteiger partial charge in [-0.2, -0.15) is 0 Å². The van der Waals surface area contributed by atoms with Crippen LogP contribution in [0.4, 0.5) is 4.79 Å². The smallest absolute Gasteiger partial charge is 0.317 e. The largest absolute Gasteiger partial charge is 0.469 e. The highest BCUT2D eigenvalue weighted by Crippen LogP contribution is 2.07. The Bertz CT molecular complexity index is 258. The molecule has 6 heteroatoms. The van der Waals surface area contributed by atoms with Crippen LogP contribution in [-0.4, -0.2) is 49.7 Å². The number of piperidine rings is 1. The number of urea groups is 1. The van der Waals surface area contributed by atoms with Gasteiger partial charge in [-0.25, -0.2) is 4.79 Å². The molecule has 1 aliphatic rings. The molecule has 16 heavy (non-hydrogen) atoms. The summed E-state index contributed by atoms with van der Waals surface area (Å²) in [5.74, 6) is -0.323. The number of hydrogen-bond acceptors (Lipinski definition) is 4. The van der Waals surface area contributed by atoms with Crippen molar-refractivity contribution in [2.75, 3.05) is 26.7 Å². The van der Waals surface area contributed by atoms with Gasteiger partial charge in [-0.3, -0.25) is 4.79 Å². The first-order valence-corrected chi connectivity index (χ1v) is 5.48. The molecule has 0 bridgehead atoms. The van der Waals surface area contributed by atoms with E-state index in [4.69, 9.17) is 5.73 Å². The minimum Gasteiger partial charge on any atom is -0.469 e. The van der Waals surface area contributed by atoms with Gasteiger partial charge in [0.05, 0.1) is 13.5 Å². The van der Waals surface area contributed by atoms with Crippen molar-refractivity contribution in [2.24, 2.45) is 5.73 Å². The number of ether oxygens (including phenoxy) is 1. The first-order valence-electron chi connectivity index (χ1n) is 5.48. The van der Waals surface area contributed by atoms with Gasteiger partial charge in [-0.05, 0) is 12.8 Å². The Morgan fingerprint density at radius 1 is 1.56 bits per heavy atom. The van der Waals surface area contributed by atoms with E-state index in [-0.39, 0.29) is 24.5 Å². The van der Waals surface area contributed by atoms with E-state index in [1.807, 2.05) is 0 Å². The summed E-state index contributed by atoms with van der Waals surface area (Å²) in [6.07, 6.45) is 2.10. The van der Waals surface area contributed by atoms with Gasteiger partial charge < -0.3 is 20.7 Å². The van der Waals surface area contributed by atoms with E-state index in [1.165, 1.54) is 7.11 Å². The van der Waals surface area contributed by atoms with Gasteiger partial charge in [0.25, 0.3) is 0 Å². The van der Waals surface area contributed by atoms with E-state index in [9.17, 15) is 9.59 Å². The van der Waals surface area contributed by atoms with Crippen LogP contribution in [0.3, 0.4) is 0 Å². The minimum absolute atomic E-state index is 0.0695. The van der Waals surface area contributed by atoms with Crippen molar-refractivity contribution in [3.8, 4) is 0 Å². The Balaban J connectivity index is 2.21. The van der Waals surface area contributed by atoms with Crippen molar-refractivity contribution in [1.29, 1.82) is 0 Å². The number of carbonyl (C=O) groups excluding carboxylic acids is 2. The van der Waals surface area contributed by atoms with Crippen molar-refractivity contribution < 1.29 is 14.3 Å². The van der Waals surface area contributed by atoms with Crippen LogP contribution in [0.25, 0.3) is 0 Å². The molecule has 0 radical (unpaired) electrons. The summed E-state index contributed by atoms with van der Waals surface area (Å²) in [6, 6.07) is -0.0841. The molecule has 1 aliphatic heterocycles. The van der Waals surface area contributed by atoms with Gasteiger partial charge in [0.15, 0.2) is 0 Å². The molecule has 1 saturated heterocycles. The number of hydrogen-bond donors (Lipinski definition) is 2. The Hall–Kier alpha value is -1.30. The molecule has 0 spiro atoms. The van der Waals surface area contributed by atoms with Crippen LogP contribution in [0.15, 0.2) is 0 Å². The molecule has 2 amide bonds. The van der Waals surface area contributed by atoms with E-state index in [2.05, 4.69) is 10.1 Å². The number of nitrogens with two attached hydrogens (primary N) is 1. The summed E-state index contributed by atoms with van der Waals surface area (Å²) >= 11 is 0. The van der Waals surface area contributed by atoms with Crippen molar-refractivity contribution >= 4 is 12.0 Å². The molecule has 1 fully saturated rings. The highest BCUT2D eigenvalue weighted by atomic mass is 16.5. The maximum atomic E-state index is 11.6. The minimum atomic E-state index is -0.323. The second-order valence-corrected chi connectivity index (χ2v) is 3.91. The Labute approximate surface area is 95.1 Å². The third-order valence-corrected chi connectivity index (χ3v) is 2.58. The zero-order valence-corrected chi connectivity index (χ0v) is 9.57. The molecule has 6 nitrogen and oxygen atoms in total. The average Bonchev–Trinajstić information content (AvgIpc) is 2.28. The zero-order chi connectivity index (χ0) is 12.0. The first kappa shape index (κ1) is 12.8. The molecule has 1 heterocycles. The second kappa shape index (κ2) is 6.32. The average molecular weight is 229 g/mol. The van der Waals surface area contributed by atoms with Crippen LogP contribution in [-0.2, 0) is 9.53 Å². The predicted octanol–water partition coefficient (Wildman–Crippen LogP) is -0.318. The standard InChI is InChI=1S/C10H19N3O3/c1-16-9(14)4-5-12-10(15)13-6-2-3-8(11)7-13/h8H,2-7,11H2,1H3,(H,12,15)/t8-/m1/s1. The highest BCUT2D eigenvalue weighted by molar-refractivity contribution is 5.75. The van der Waals surface area contributed by atoms with Crippen molar-refractivity contribution in [2.45, 2.75) is 25.3 Å².